The van der Waals surface area contributed by atoms with Gasteiger partial charge in [0, 0.05) is 16.8 Å². The molecule has 5 rings (SSSR count). The van der Waals surface area contributed by atoms with Crippen LogP contribution in [0.3, 0.4) is 0 Å². The van der Waals surface area contributed by atoms with Gasteiger partial charge in [0.05, 0.1) is 11.4 Å². The Kier molecular flexibility index (Phi) is 6.61. The number of ether oxygens (including phenoxy) is 1. The summed E-state index contributed by atoms with van der Waals surface area (Å²) in [6, 6.07) is 25.4. The summed E-state index contributed by atoms with van der Waals surface area (Å²) >= 11 is 0. The van der Waals surface area contributed by atoms with Crippen LogP contribution < -0.4 is 10.1 Å². The van der Waals surface area contributed by atoms with E-state index in [4.69, 9.17) is 0 Å². The van der Waals surface area contributed by atoms with Crippen molar-refractivity contribution in [2.24, 2.45) is 0 Å². The molecule has 0 bridgehead atoms. The summed E-state index contributed by atoms with van der Waals surface area (Å²) in [5.74, 6) is -0.254. The number of benzene rings is 3. The van der Waals surface area contributed by atoms with E-state index in [9.17, 15) is 18.0 Å². The number of anilines is 1. The van der Waals surface area contributed by atoms with Crippen molar-refractivity contribution in [3.63, 3.8) is 0 Å². The first-order valence-electron chi connectivity index (χ1n) is 11.5. The van der Waals surface area contributed by atoms with Gasteiger partial charge in [-0.3, -0.25) is 4.79 Å². The zero-order chi connectivity index (χ0) is 26.7. The van der Waals surface area contributed by atoms with Crippen molar-refractivity contribution in [2.45, 2.75) is 13.3 Å². The van der Waals surface area contributed by atoms with Gasteiger partial charge in [-0.15, -0.1) is 18.3 Å². The largest absolute Gasteiger partial charge is 0.573 e. The number of nitrogens with zero attached hydrogens (tertiary/aromatic N) is 4. The Hall–Kier alpha value is -4.99. The Morgan fingerprint density at radius 1 is 0.895 bits per heavy atom. The Bertz CT molecular complexity index is 1580. The molecule has 0 fully saturated rings. The molecular formula is C28H20F3N5O2. The summed E-state index contributed by atoms with van der Waals surface area (Å²) in [6.45, 7) is 1.99. The van der Waals surface area contributed by atoms with E-state index in [1.54, 1.807) is 36.4 Å². The Morgan fingerprint density at radius 3 is 2.34 bits per heavy atom. The topological polar surface area (TPSA) is 81.9 Å². The maximum absolute atomic E-state index is 12.8. The SMILES string of the molecule is Cc1ccccc1-c1cccc(C(=O)Nc2ccc(-c3ncn(-c4ccc(OC(F)(F)F)cc4)n3)cc2)n1. The average molecular weight is 515 g/mol. The maximum Gasteiger partial charge on any atom is 0.573 e. The van der Waals surface area contributed by atoms with Gasteiger partial charge in [-0.1, -0.05) is 30.3 Å². The minimum absolute atomic E-state index is 0.293. The highest BCUT2D eigenvalue weighted by Gasteiger charge is 2.31. The number of rotatable bonds is 6. The molecular weight excluding hydrogens is 495 g/mol. The van der Waals surface area contributed by atoms with Gasteiger partial charge in [0.2, 0.25) is 0 Å². The molecule has 190 valence electrons. The van der Waals surface area contributed by atoms with Gasteiger partial charge in [-0.25, -0.2) is 14.6 Å². The van der Waals surface area contributed by atoms with Gasteiger partial charge >= 0.3 is 6.36 Å². The molecule has 2 heterocycles. The second-order valence-corrected chi connectivity index (χ2v) is 8.31. The summed E-state index contributed by atoms with van der Waals surface area (Å²) in [5.41, 5.74) is 4.82. The third-order valence-corrected chi connectivity index (χ3v) is 5.63. The van der Waals surface area contributed by atoms with Crippen molar-refractivity contribution >= 4 is 11.6 Å². The lowest BCUT2D eigenvalue weighted by Gasteiger charge is -2.09. The van der Waals surface area contributed by atoms with Gasteiger partial charge in [-0.2, -0.15) is 0 Å². The molecule has 38 heavy (non-hydrogen) atoms. The predicted molar refractivity (Wildman–Crippen MR) is 136 cm³/mol. The number of hydrogen-bond acceptors (Lipinski definition) is 5. The van der Waals surface area contributed by atoms with Gasteiger partial charge in [0.15, 0.2) is 5.82 Å². The highest BCUT2D eigenvalue weighted by molar-refractivity contribution is 6.03. The number of nitrogens with one attached hydrogen (secondary N) is 1. The van der Waals surface area contributed by atoms with Crippen LogP contribution >= 0.6 is 0 Å². The third-order valence-electron chi connectivity index (χ3n) is 5.63. The summed E-state index contributed by atoms with van der Waals surface area (Å²) < 4.78 is 42.4. The first-order valence-corrected chi connectivity index (χ1v) is 11.5. The predicted octanol–water partition coefficient (Wildman–Crippen LogP) is 6.46. The summed E-state index contributed by atoms with van der Waals surface area (Å²) in [7, 11) is 0. The molecule has 0 aliphatic heterocycles. The van der Waals surface area contributed by atoms with E-state index in [-0.39, 0.29) is 11.7 Å². The lowest BCUT2D eigenvalue weighted by atomic mass is 10.1. The number of halogens is 3. The Balaban J connectivity index is 1.26. The highest BCUT2D eigenvalue weighted by Crippen LogP contribution is 2.25. The zero-order valence-electron chi connectivity index (χ0n) is 20.0. The van der Waals surface area contributed by atoms with E-state index in [1.807, 2.05) is 37.3 Å². The summed E-state index contributed by atoms with van der Waals surface area (Å²) in [4.78, 5) is 21.6. The normalized spacial score (nSPS) is 11.3. The molecule has 0 unspecified atom stereocenters. The lowest BCUT2D eigenvalue weighted by Crippen LogP contribution is -2.17. The van der Waals surface area contributed by atoms with Gasteiger partial charge < -0.3 is 10.1 Å². The molecule has 5 aromatic rings. The van der Waals surface area contributed by atoms with E-state index in [1.165, 1.54) is 35.3 Å². The molecule has 0 saturated carbocycles. The van der Waals surface area contributed by atoms with E-state index >= 15 is 0 Å². The number of carbonyl (C=O) groups excluding carboxylic acids is 1. The molecule has 0 atom stereocenters. The zero-order valence-corrected chi connectivity index (χ0v) is 20.0. The molecule has 3 aromatic carbocycles. The Morgan fingerprint density at radius 2 is 1.63 bits per heavy atom. The monoisotopic (exact) mass is 515 g/mol. The van der Waals surface area contributed by atoms with Crippen LogP contribution in [0.25, 0.3) is 28.3 Å². The first-order chi connectivity index (χ1) is 18.2. The van der Waals surface area contributed by atoms with E-state index < -0.39 is 6.36 Å². The molecule has 0 spiro atoms. The molecule has 7 nitrogen and oxygen atoms in total. The number of carbonyl (C=O) groups is 1. The summed E-state index contributed by atoms with van der Waals surface area (Å²) in [6.07, 6.45) is -3.30. The molecule has 1 amide bonds. The van der Waals surface area contributed by atoms with Crippen LogP contribution in [0.5, 0.6) is 5.75 Å². The number of alkyl halides is 3. The van der Waals surface area contributed by atoms with Crippen LogP contribution in [-0.2, 0) is 0 Å². The molecule has 0 radical (unpaired) electrons. The van der Waals surface area contributed by atoms with Gasteiger partial charge in [0.1, 0.15) is 17.8 Å². The van der Waals surface area contributed by atoms with Crippen molar-refractivity contribution in [1.29, 1.82) is 0 Å². The molecule has 1 N–H and O–H groups in total. The molecule has 0 saturated heterocycles. The number of aromatic nitrogens is 4. The van der Waals surface area contributed by atoms with Crippen molar-refractivity contribution < 1.29 is 22.7 Å². The quantitative estimate of drug-likeness (QED) is 0.281. The Labute approximate surface area is 215 Å². The van der Waals surface area contributed by atoms with Crippen LogP contribution in [-0.4, -0.2) is 32.0 Å². The number of aryl methyl sites for hydroxylation is 1. The second-order valence-electron chi connectivity index (χ2n) is 8.31. The van der Waals surface area contributed by atoms with Crippen LogP contribution in [0.2, 0.25) is 0 Å². The number of pyridine rings is 1. The maximum atomic E-state index is 12.8. The fraction of sp³-hybridized carbons (Fsp3) is 0.0714. The minimum atomic E-state index is -4.75. The van der Waals surface area contributed by atoms with Gasteiger partial charge in [0.25, 0.3) is 5.91 Å². The highest BCUT2D eigenvalue weighted by atomic mass is 19.4. The third kappa shape index (κ3) is 5.70. The van der Waals surface area contributed by atoms with Crippen molar-refractivity contribution in [3.8, 4) is 34.1 Å². The van der Waals surface area contributed by atoms with Crippen LogP contribution in [0.4, 0.5) is 18.9 Å². The van der Waals surface area contributed by atoms with E-state index in [2.05, 4.69) is 25.1 Å². The second kappa shape index (κ2) is 10.2. The standard InChI is InChI=1S/C28H20F3N5O2/c1-18-5-2-3-6-23(18)24-7-4-8-25(34-24)27(37)33-20-11-9-19(10-12-20)26-32-17-36(35-26)21-13-15-22(16-14-21)38-28(29,30)31/h2-17H,1H3,(H,33,37). The molecule has 2 aromatic heterocycles. The fourth-order valence-corrected chi connectivity index (χ4v) is 3.79. The van der Waals surface area contributed by atoms with Crippen molar-refractivity contribution in [1.82, 2.24) is 19.7 Å². The van der Waals surface area contributed by atoms with E-state index in [0.29, 0.717) is 28.5 Å². The minimum Gasteiger partial charge on any atom is -0.406 e. The molecule has 10 heteroatoms. The number of amides is 1. The van der Waals surface area contributed by atoms with Crippen LogP contribution in [0, 0.1) is 6.92 Å². The van der Waals surface area contributed by atoms with Crippen molar-refractivity contribution in [2.75, 3.05) is 5.32 Å². The van der Waals surface area contributed by atoms with Crippen molar-refractivity contribution in [3.05, 3.63) is 109 Å². The van der Waals surface area contributed by atoms with Crippen LogP contribution in [0.15, 0.2) is 97.3 Å². The summed E-state index contributed by atoms with van der Waals surface area (Å²) in [5, 5.41) is 7.23. The molecule has 0 aliphatic rings. The van der Waals surface area contributed by atoms with Crippen LogP contribution in [0.1, 0.15) is 16.1 Å². The van der Waals surface area contributed by atoms with Gasteiger partial charge in [-0.05, 0) is 73.2 Å². The van der Waals surface area contributed by atoms with E-state index in [0.717, 1.165) is 16.8 Å². The smallest absolute Gasteiger partial charge is 0.406 e. The first kappa shape index (κ1) is 24.7. The number of hydrogen-bond donors (Lipinski definition) is 1. The average Bonchev–Trinajstić information content (AvgIpc) is 3.39. The lowest BCUT2D eigenvalue weighted by molar-refractivity contribution is -0.274. The fourth-order valence-electron chi connectivity index (χ4n) is 3.79. The molecule has 0 aliphatic carbocycles.